The van der Waals surface area contributed by atoms with Crippen LogP contribution in [-0.2, 0) is 16.6 Å². The lowest BCUT2D eigenvalue weighted by Gasteiger charge is -2.08. The predicted octanol–water partition coefficient (Wildman–Crippen LogP) is 3.09. The van der Waals surface area contributed by atoms with E-state index in [4.69, 9.17) is 40.6 Å². The SMILES string of the molecule is NS(=O)(=O)c1ccc(NC(=S)Nc2ncn(Cc3ccc(Cl)c(Cl)c3)n2)cc1. The lowest BCUT2D eigenvalue weighted by molar-refractivity contribution is 0.598. The van der Waals surface area contributed by atoms with Crippen molar-refractivity contribution in [2.45, 2.75) is 11.4 Å². The highest BCUT2D eigenvalue weighted by molar-refractivity contribution is 7.89. The molecule has 1 aromatic heterocycles. The van der Waals surface area contributed by atoms with Crippen molar-refractivity contribution in [3.63, 3.8) is 0 Å². The fourth-order valence-electron chi connectivity index (χ4n) is 2.24. The zero-order valence-electron chi connectivity index (χ0n) is 14.1. The minimum Gasteiger partial charge on any atom is -0.332 e. The lowest BCUT2D eigenvalue weighted by Crippen LogP contribution is -2.20. The van der Waals surface area contributed by atoms with Crippen molar-refractivity contribution >= 4 is 62.2 Å². The molecule has 0 spiro atoms. The molecule has 0 aliphatic carbocycles. The molecule has 0 aliphatic heterocycles. The number of benzene rings is 2. The molecule has 0 saturated heterocycles. The first kappa shape index (κ1) is 20.5. The number of hydrogen-bond donors (Lipinski definition) is 3. The average Bonchev–Trinajstić information content (AvgIpc) is 3.04. The molecule has 0 atom stereocenters. The van der Waals surface area contributed by atoms with Gasteiger partial charge in [-0.2, -0.15) is 0 Å². The topological polar surface area (TPSA) is 115 Å². The highest BCUT2D eigenvalue weighted by Gasteiger charge is 2.08. The summed E-state index contributed by atoms with van der Waals surface area (Å²) in [6.45, 7) is 0.459. The molecule has 1 heterocycles. The first-order valence-corrected chi connectivity index (χ1v) is 10.5. The van der Waals surface area contributed by atoms with Crippen LogP contribution in [0.2, 0.25) is 10.0 Å². The summed E-state index contributed by atoms with van der Waals surface area (Å²) in [5.74, 6) is 0.304. The summed E-state index contributed by atoms with van der Waals surface area (Å²) in [7, 11) is -3.74. The molecule has 0 unspecified atom stereocenters. The van der Waals surface area contributed by atoms with E-state index >= 15 is 0 Å². The highest BCUT2D eigenvalue weighted by Crippen LogP contribution is 2.23. The summed E-state index contributed by atoms with van der Waals surface area (Å²) >= 11 is 17.1. The Morgan fingerprint density at radius 3 is 2.46 bits per heavy atom. The van der Waals surface area contributed by atoms with E-state index < -0.39 is 10.0 Å². The smallest absolute Gasteiger partial charge is 0.248 e. The van der Waals surface area contributed by atoms with Crippen LogP contribution in [0.1, 0.15) is 5.56 Å². The Kier molecular flexibility index (Phi) is 6.16. The van der Waals surface area contributed by atoms with Crippen LogP contribution in [-0.4, -0.2) is 28.3 Å². The number of nitrogens with zero attached hydrogens (tertiary/aromatic N) is 3. The summed E-state index contributed by atoms with van der Waals surface area (Å²) < 4.78 is 24.1. The van der Waals surface area contributed by atoms with E-state index in [0.29, 0.717) is 28.2 Å². The Hall–Kier alpha value is -2.24. The summed E-state index contributed by atoms with van der Waals surface area (Å²) in [6.07, 6.45) is 1.55. The second-order valence-electron chi connectivity index (χ2n) is 5.66. The Morgan fingerprint density at radius 2 is 1.82 bits per heavy atom. The van der Waals surface area contributed by atoms with Crippen LogP contribution in [0.15, 0.2) is 53.7 Å². The molecule has 0 aliphatic rings. The number of thiocarbonyl (C=S) groups is 1. The quantitative estimate of drug-likeness (QED) is 0.505. The number of nitrogens with two attached hydrogens (primary N) is 1. The van der Waals surface area contributed by atoms with Gasteiger partial charge in [-0.25, -0.2) is 23.2 Å². The Labute approximate surface area is 176 Å². The Bertz CT molecular complexity index is 1120. The van der Waals surface area contributed by atoms with Gasteiger partial charge in [0.2, 0.25) is 16.0 Å². The molecule has 3 aromatic rings. The van der Waals surface area contributed by atoms with Crippen molar-refractivity contribution in [2.75, 3.05) is 10.6 Å². The van der Waals surface area contributed by atoms with E-state index in [2.05, 4.69) is 20.7 Å². The summed E-state index contributed by atoms with van der Waals surface area (Å²) in [6, 6.07) is 11.2. The fourth-order valence-corrected chi connectivity index (χ4v) is 3.29. The maximum absolute atomic E-state index is 11.3. The highest BCUT2D eigenvalue weighted by atomic mass is 35.5. The zero-order chi connectivity index (χ0) is 20.3. The molecule has 28 heavy (non-hydrogen) atoms. The van der Waals surface area contributed by atoms with Crippen molar-refractivity contribution in [1.29, 1.82) is 0 Å². The minimum atomic E-state index is -3.74. The molecule has 12 heteroatoms. The number of hydrogen-bond acceptors (Lipinski definition) is 5. The first-order chi connectivity index (χ1) is 13.2. The van der Waals surface area contributed by atoms with Gasteiger partial charge in [-0.1, -0.05) is 29.3 Å². The number of aromatic nitrogens is 3. The number of anilines is 2. The second-order valence-corrected chi connectivity index (χ2v) is 8.45. The Balaban J connectivity index is 1.59. The van der Waals surface area contributed by atoms with Gasteiger partial charge in [-0.3, -0.25) is 5.32 Å². The fraction of sp³-hybridized carbons (Fsp3) is 0.0625. The number of primary sulfonamides is 1. The lowest BCUT2D eigenvalue weighted by atomic mass is 10.2. The van der Waals surface area contributed by atoms with E-state index in [1.807, 2.05) is 6.07 Å². The Morgan fingerprint density at radius 1 is 1.11 bits per heavy atom. The third-order valence-electron chi connectivity index (χ3n) is 3.53. The molecule has 0 bridgehead atoms. The van der Waals surface area contributed by atoms with Gasteiger partial charge in [0.15, 0.2) is 5.11 Å². The van der Waals surface area contributed by atoms with E-state index in [0.717, 1.165) is 5.56 Å². The van der Waals surface area contributed by atoms with Crippen LogP contribution in [0.4, 0.5) is 11.6 Å². The van der Waals surface area contributed by atoms with E-state index in [9.17, 15) is 8.42 Å². The van der Waals surface area contributed by atoms with Gasteiger partial charge in [0.25, 0.3) is 0 Å². The first-order valence-electron chi connectivity index (χ1n) is 7.75. The standard InChI is InChI=1S/C16H14Cl2N6O2S2/c17-13-6-1-10(7-14(13)18)8-24-9-20-15(23-24)22-16(27)21-11-2-4-12(5-3-11)28(19,25)26/h1-7,9H,8H2,(H2,19,25,26)(H2,21,22,23,27). The van der Waals surface area contributed by atoms with Crippen molar-refractivity contribution in [1.82, 2.24) is 14.8 Å². The van der Waals surface area contributed by atoms with E-state index in [1.165, 1.54) is 12.1 Å². The van der Waals surface area contributed by atoms with Crippen molar-refractivity contribution in [2.24, 2.45) is 5.14 Å². The second kappa shape index (κ2) is 8.41. The van der Waals surface area contributed by atoms with E-state index in [1.54, 1.807) is 35.3 Å². The molecule has 8 nitrogen and oxygen atoms in total. The van der Waals surface area contributed by atoms with Crippen molar-refractivity contribution in [3.8, 4) is 0 Å². The molecule has 4 N–H and O–H groups in total. The van der Waals surface area contributed by atoms with Gasteiger partial charge in [0.05, 0.1) is 21.5 Å². The molecular weight excluding hydrogens is 443 g/mol. The summed E-state index contributed by atoms with van der Waals surface area (Å²) in [5, 5.41) is 16.3. The third-order valence-corrected chi connectivity index (χ3v) is 5.40. The molecule has 3 rings (SSSR count). The summed E-state index contributed by atoms with van der Waals surface area (Å²) in [4.78, 5) is 4.15. The van der Waals surface area contributed by atoms with Crippen LogP contribution in [0.25, 0.3) is 0 Å². The maximum Gasteiger partial charge on any atom is 0.248 e. The summed E-state index contributed by atoms with van der Waals surface area (Å²) in [5.41, 5.74) is 1.50. The van der Waals surface area contributed by atoms with Gasteiger partial charge in [-0.05, 0) is 54.2 Å². The van der Waals surface area contributed by atoms with Crippen molar-refractivity contribution < 1.29 is 8.42 Å². The third kappa shape index (κ3) is 5.40. The average molecular weight is 457 g/mol. The number of sulfonamides is 1. The molecule has 0 saturated carbocycles. The van der Waals surface area contributed by atoms with Crippen LogP contribution < -0.4 is 15.8 Å². The normalized spacial score (nSPS) is 11.2. The monoisotopic (exact) mass is 456 g/mol. The molecule has 0 amide bonds. The van der Waals surface area contributed by atoms with Crippen LogP contribution >= 0.6 is 35.4 Å². The molecule has 0 fully saturated rings. The molecule has 146 valence electrons. The zero-order valence-corrected chi connectivity index (χ0v) is 17.3. The van der Waals surface area contributed by atoms with Gasteiger partial charge in [-0.15, -0.1) is 5.10 Å². The van der Waals surface area contributed by atoms with Crippen molar-refractivity contribution in [3.05, 3.63) is 64.4 Å². The number of nitrogens with one attached hydrogen (secondary N) is 2. The number of halogens is 2. The van der Waals surface area contributed by atoms with Crippen LogP contribution in [0.3, 0.4) is 0 Å². The van der Waals surface area contributed by atoms with Gasteiger partial charge < -0.3 is 5.32 Å². The number of rotatable bonds is 5. The largest absolute Gasteiger partial charge is 0.332 e. The molecular formula is C16H14Cl2N6O2S2. The van der Waals surface area contributed by atoms with Gasteiger partial charge in [0.1, 0.15) is 6.33 Å². The van der Waals surface area contributed by atoms with Crippen LogP contribution in [0.5, 0.6) is 0 Å². The van der Waals surface area contributed by atoms with Gasteiger partial charge >= 0.3 is 0 Å². The van der Waals surface area contributed by atoms with E-state index in [-0.39, 0.29) is 10.0 Å². The van der Waals surface area contributed by atoms with Gasteiger partial charge in [0, 0.05) is 5.69 Å². The predicted molar refractivity (Wildman–Crippen MR) is 113 cm³/mol. The molecule has 0 radical (unpaired) electrons. The van der Waals surface area contributed by atoms with Crippen LogP contribution in [0, 0.1) is 0 Å². The molecule has 2 aromatic carbocycles. The minimum absolute atomic E-state index is 0.0136. The maximum atomic E-state index is 11.3.